The maximum Gasteiger partial charge on any atom is 0.136 e. The van der Waals surface area contributed by atoms with E-state index in [1.807, 2.05) is 60.7 Å². The van der Waals surface area contributed by atoms with Gasteiger partial charge < -0.3 is 4.42 Å². The van der Waals surface area contributed by atoms with Crippen molar-refractivity contribution >= 4 is 75.8 Å². The van der Waals surface area contributed by atoms with Gasteiger partial charge >= 0.3 is 0 Å². The Labute approximate surface area is 315 Å². The average molecular weight is 662 g/mol. The maximum absolute atomic E-state index is 9.40. The molecule has 0 aliphatic carbocycles. The Kier molecular flexibility index (Phi) is 3.70. The summed E-state index contributed by atoms with van der Waals surface area (Å²) in [5.74, 6) is 0. The summed E-state index contributed by atoms with van der Waals surface area (Å²) in [7, 11) is 0. The second-order valence-corrected chi connectivity index (χ2v) is 12.5. The molecule has 1 heteroatoms. The molecule has 11 rings (SSSR count). The van der Waals surface area contributed by atoms with Crippen molar-refractivity contribution in [2.45, 2.75) is 0 Å². The quantitative estimate of drug-likeness (QED) is 0.172. The highest BCUT2D eigenvalue weighted by Gasteiger charge is 2.18. The van der Waals surface area contributed by atoms with Crippen molar-refractivity contribution in [3.05, 3.63) is 182 Å². The number of furan rings is 1. The van der Waals surface area contributed by atoms with E-state index in [4.69, 9.17) is 18.1 Å². The topological polar surface area (TPSA) is 13.1 Å². The van der Waals surface area contributed by atoms with Crippen LogP contribution in [0.5, 0.6) is 0 Å². The third-order valence-electron chi connectivity index (χ3n) is 9.76. The van der Waals surface area contributed by atoms with Gasteiger partial charge in [-0.25, -0.2) is 0 Å². The van der Waals surface area contributed by atoms with Gasteiger partial charge in [0, 0.05) is 10.8 Å². The fourth-order valence-corrected chi connectivity index (χ4v) is 7.47. The van der Waals surface area contributed by atoms with Crippen LogP contribution < -0.4 is 0 Å². The molecule has 0 saturated carbocycles. The molecule has 0 aliphatic heterocycles. The molecule has 0 saturated heterocycles. The first kappa shape index (κ1) is 17.3. The Morgan fingerprint density at radius 2 is 0.922 bits per heavy atom. The molecule has 0 radical (unpaired) electrons. The van der Waals surface area contributed by atoms with Crippen LogP contribution in [0.15, 0.2) is 186 Å². The SMILES string of the molecule is [2H]c1c([2H])c([2H])c2c(-c3c4c([2H])c([2H])c([2H])c([2H])c4c(-c4ccc5cc(-c6ccc7oc8ccc9ccccc9c8c7c6)ccc5c4)c4c([2H])c([2H])c([2H])c([2H])c34)c([2H])c([2H])c([2H])c2c1[2H]. The summed E-state index contributed by atoms with van der Waals surface area (Å²) in [6, 6.07) is 19.2. The van der Waals surface area contributed by atoms with E-state index in [-0.39, 0.29) is 32.7 Å². The summed E-state index contributed by atoms with van der Waals surface area (Å²) in [5.41, 5.74) is 2.96. The molecule has 1 nitrogen and oxygen atoms in total. The van der Waals surface area contributed by atoms with E-state index in [1.54, 1.807) is 12.1 Å². The lowest BCUT2D eigenvalue weighted by Gasteiger charge is -2.19. The Hall–Kier alpha value is -6.70. The van der Waals surface area contributed by atoms with Crippen LogP contribution >= 0.6 is 0 Å². The monoisotopic (exact) mass is 661 g/mol. The molecule has 0 N–H and O–H groups in total. The number of rotatable bonds is 3. The van der Waals surface area contributed by atoms with Crippen molar-refractivity contribution in [2.24, 2.45) is 0 Å². The van der Waals surface area contributed by atoms with Crippen LogP contribution in [0.1, 0.15) is 20.6 Å². The van der Waals surface area contributed by atoms with E-state index in [0.29, 0.717) is 10.9 Å². The summed E-state index contributed by atoms with van der Waals surface area (Å²) in [6.45, 7) is 0. The van der Waals surface area contributed by atoms with Crippen molar-refractivity contribution in [3.8, 4) is 33.4 Å². The number of hydrogen-bond acceptors (Lipinski definition) is 1. The molecular formula is C50H30O. The molecular weight excluding hydrogens is 617 g/mol. The highest BCUT2D eigenvalue weighted by atomic mass is 16.3. The molecule has 0 amide bonds. The van der Waals surface area contributed by atoms with Gasteiger partial charge in [0.2, 0.25) is 0 Å². The predicted octanol–water partition coefficient (Wildman–Crippen LogP) is 14.4. The summed E-state index contributed by atoms with van der Waals surface area (Å²) >= 11 is 0. The highest BCUT2D eigenvalue weighted by molar-refractivity contribution is 6.24. The lowest BCUT2D eigenvalue weighted by Crippen LogP contribution is -1.91. The van der Waals surface area contributed by atoms with E-state index < -0.39 is 107 Å². The zero-order valence-electron chi connectivity index (χ0n) is 41.6. The molecule has 1 heterocycles. The van der Waals surface area contributed by atoms with Gasteiger partial charge in [0.25, 0.3) is 0 Å². The minimum atomic E-state index is -0.755. The van der Waals surface area contributed by atoms with Gasteiger partial charge in [-0.2, -0.15) is 0 Å². The minimum absolute atomic E-state index is 0.0409. The Bertz CT molecular complexity index is 3970. The molecule has 236 valence electrons. The number of hydrogen-bond donors (Lipinski definition) is 0. The molecule has 0 unspecified atom stereocenters. The third-order valence-corrected chi connectivity index (χ3v) is 9.76. The van der Waals surface area contributed by atoms with Gasteiger partial charge in [-0.05, 0) is 118 Å². The zero-order chi connectivity index (χ0) is 46.5. The van der Waals surface area contributed by atoms with Crippen LogP contribution in [0, 0.1) is 0 Å². The van der Waals surface area contributed by atoms with E-state index in [9.17, 15) is 6.85 Å². The van der Waals surface area contributed by atoms with Crippen LogP contribution in [0.3, 0.4) is 0 Å². The molecule has 0 aliphatic rings. The summed E-state index contributed by atoms with van der Waals surface area (Å²) in [5, 5.41) is 3.88. The van der Waals surface area contributed by atoms with Gasteiger partial charge in [-0.15, -0.1) is 0 Å². The molecule has 1 aromatic heterocycles. The summed E-state index contributed by atoms with van der Waals surface area (Å²) in [4.78, 5) is 0. The van der Waals surface area contributed by atoms with Crippen molar-refractivity contribution in [1.29, 1.82) is 0 Å². The van der Waals surface area contributed by atoms with Crippen LogP contribution in [0.25, 0.3) is 109 Å². The molecule has 10 aromatic carbocycles. The second-order valence-electron chi connectivity index (χ2n) is 12.5. The number of benzene rings is 10. The van der Waals surface area contributed by atoms with Crippen molar-refractivity contribution < 1.29 is 25.0 Å². The zero-order valence-corrected chi connectivity index (χ0v) is 26.6. The fraction of sp³-hybridized carbons (Fsp3) is 0. The molecule has 11 aromatic rings. The highest BCUT2D eigenvalue weighted by Crippen LogP contribution is 2.46. The van der Waals surface area contributed by atoms with Crippen LogP contribution in [-0.2, 0) is 0 Å². The van der Waals surface area contributed by atoms with Gasteiger partial charge in [0.1, 0.15) is 11.2 Å². The molecule has 0 bridgehead atoms. The lowest BCUT2D eigenvalue weighted by molar-refractivity contribution is 0.669. The first-order valence-electron chi connectivity index (χ1n) is 23.9. The first-order valence-corrected chi connectivity index (χ1v) is 16.4. The Balaban J connectivity index is 1.23. The minimum Gasteiger partial charge on any atom is -0.456 e. The van der Waals surface area contributed by atoms with Crippen molar-refractivity contribution in [1.82, 2.24) is 0 Å². The normalized spacial score (nSPS) is 16.0. The molecule has 0 fully saturated rings. The van der Waals surface area contributed by atoms with E-state index >= 15 is 0 Å². The molecule has 0 spiro atoms. The van der Waals surface area contributed by atoms with Crippen LogP contribution in [0.4, 0.5) is 0 Å². The van der Waals surface area contributed by atoms with E-state index in [0.717, 1.165) is 49.2 Å². The largest absolute Gasteiger partial charge is 0.456 e. The average Bonchev–Trinajstić information content (AvgIpc) is 3.71. The predicted molar refractivity (Wildman–Crippen MR) is 218 cm³/mol. The van der Waals surface area contributed by atoms with Crippen LogP contribution in [0.2, 0.25) is 0 Å². The molecule has 51 heavy (non-hydrogen) atoms. The summed E-state index contributed by atoms with van der Waals surface area (Å²) < 4.78 is 141. The Morgan fingerprint density at radius 1 is 0.353 bits per heavy atom. The third kappa shape index (κ3) is 4.28. The number of fused-ring (bicyclic) bond motifs is 9. The standard InChI is InChI=1S/C50H30O/c1-3-13-38-31(10-1)12-9-19-40(38)49-43-17-7-5-15-41(43)48(42-16-6-8-18-44(42)49)37-23-22-33-28-34(20-21-35(33)29-37)36-25-26-46-45(30-36)50-39-14-4-2-11-32(39)24-27-47(50)51-46/h1-30H/i1D,3D,5D,6D,7D,8D,9D,10D,12D,13D,15D,16D,17D,18D,19D. The fourth-order valence-electron chi connectivity index (χ4n) is 7.47. The van der Waals surface area contributed by atoms with Gasteiger partial charge in [0.05, 0.1) is 20.6 Å². The van der Waals surface area contributed by atoms with Gasteiger partial charge in [-0.1, -0.05) is 151 Å². The van der Waals surface area contributed by atoms with E-state index in [2.05, 4.69) is 18.2 Å². The van der Waals surface area contributed by atoms with Crippen LogP contribution in [-0.4, -0.2) is 0 Å². The maximum atomic E-state index is 9.40. The first-order chi connectivity index (χ1) is 31.5. The second kappa shape index (κ2) is 10.9. The lowest BCUT2D eigenvalue weighted by atomic mass is 9.84. The summed E-state index contributed by atoms with van der Waals surface area (Å²) in [6.07, 6.45) is 0. The van der Waals surface area contributed by atoms with E-state index in [1.165, 1.54) is 0 Å². The van der Waals surface area contributed by atoms with Crippen molar-refractivity contribution in [3.63, 3.8) is 0 Å². The van der Waals surface area contributed by atoms with Crippen molar-refractivity contribution in [2.75, 3.05) is 0 Å². The van der Waals surface area contributed by atoms with Gasteiger partial charge in [0.15, 0.2) is 0 Å². The van der Waals surface area contributed by atoms with Gasteiger partial charge in [-0.3, -0.25) is 0 Å². The molecule has 0 atom stereocenters. The Morgan fingerprint density at radius 3 is 1.71 bits per heavy atom. The smallest absolute Gasteiger partial charge is 0.136 e.